The Morgan fingerprint density at radius 2 is 2.20 bits per heavy atom. The molecular formula is C10H13BrFNO2. The minimum atomic E-state index is -0.817. The molecule has 0 spiro atoms. The molecule has 0 saturated heterocycles. The van der Waals surface area contributed by atoms with Gasteiger partial charge in [-0.3, -0.25) is 0 Å². The van der Waals surface area contributed by atoms with Crippen LogP contribution in [-0.2, 0) is 0 Å². The maximum absolute atomic E-state index is 13.1. The maximum atomic E-state index is 13.1. The van der Waals surface area contributed by atoms with Crippen molar-refractivity contribution in [3.8, 4) is 0 Å². The zero-order chi connectivity index (χ0) is 11.4. The fraction of sp³-hybridized carbons (Fsp3) is 0.400. The smallest absolute Gasteiger partial charge is 0.127 e. The van der Waals surface area contributed by atoms with Gasteiger partial charge in [-0.05, 0) is 40.5 Å². The van der Waals surface area contributed by atoms with E-state index in [0.29, 0.717) is 15.7 Å². The van der Waals surface area contributed by atoms with Crippen molar-refractivity contribution in [2.45, 2.75) is 13.0 Å². The second-order valence-electron chi connectivity index (χ2n) is 3.30. The molecule has 1 aromatic carbocycles. The monoisotopic (exact) mass is 277 g/mol. The second-order valence-corrected chi connectivity index (χ2v) is 4.15. The number of aliphatic hydroxyl groups is 2. The van der Waals surface area contributed by atoms with Crippen molar-refractivity contribution in [3.63, 3.8) is 0 Å². The van der Waals surface area contributed by atoms with Crippen LogP contribution in [0.2, 0.25) is 0 Å². The molecule has 0 aliphatic heterocycles. The third-order valence-corrected chi connectivity index (χ3v) is 2.64. The largest absolute Gasteiger partial charge is 0.394 e. The van der Waals surface area contributed by atoms with Gasteiger partial charge in [0.2, 0.25) is 0 Å². The topological polar surface area (TPSA) is 52.5 Å². The number of halogens is 2. The second kappa shape index (κ2) is 5.44. The van der Waals surface area contributed by atoms with Crippen LogP contribution in [0.25, 0.3) is 0 Å². The molecule has 0 aromatic heterocycles. The van der Waals surface area contributed by atoms with Crippen molar-refractivity contribution < 1.29 is 14.6 Å². The van der Waals surface area contributed by atoms with Crippen molar-refractivity contribution in [2.24, 2.45) is 0 Å². The number of rotatable bonds is 4. The number of hydrogen-bond donors (Lipinski definition) is 3. The van der Waals surface area contributed by atoms with Gasteiger partial charge >= 0.3 is 0 Å². The summed E-state index contributed by atoms with van der Waals surface area (Å²) in [5.74, 6) is -0.282. The molecule has 0 aliphatic carbocycles. The van der Waals surface area contributed by atoms with E-state index in [1.54, 1.807) is 13.0 Å². The first-order valence-corrected chi connectivity index (χ1v) is 5.32. The molecule has 84 valence electrons. The summed E-state index contributed by atoms with van der Waals surface area (Å²) < 4.78 is 13.7. The zero-order valence-corrected chi connectivity index (χ0v) is 9.88. The van der Waals surface area contributed by atoms with Crippen LogP contribution in [0.4, 0.5) is 10.1 Å². The van der Waals surface area contributed by atoms with E-state index in [9.17, 15) is 4.39 Å². The van der Waals surface area contributed by atoms with Crippen molar-refractivity contribution >= 4 is 21.6 Å². The first kappa shape index (κ1) is 12.4. The molecule has 0 fully saturated rings. The summed E-state index contributed by atoms with van der Waals surface area (Å²) in [5, 5.41) is 20.7. The van der Waals surface area contributed by atoms with E-state index in [2.05, 4.69) is 21.2 Å². The van der Waals surface area contributed by atoms with Crippen LogP contribution in [0.15, 0.2) is 16.6 Å². The Balaban J connectivity index is 2.73. The number of hydrogen-bond acceptors (Lipinski definition) is 3. The fourth-order valence-electron chi connectivity index (χ4n) is 1.09. The molecule has 1 atom stereocenters. The number of aliphatic hydroxyl groups excluding tert-OH is 2. The van der Waals surface area contributed by atoms with Crippen LogP contribution in [0.1, 0.15) is 5.56 Å². The lowest BCUT2D eigenvalue weighted by atomic mass is 10.2. The highest BCUT2D eigenvalue weighted by Crippen LogP contribution is 2.25. The summed E-state index contributed by atoms with van der Waals surface area (Å²) in [4.78, 5) is 0. The molecule has 0 heterocycles. The Morgan fingerprint density at radius 1 is 1.53 bits per heavy atom. The summed E-state index contributed by atoms with van der Waals surface area (Å²) in [5.41, 5.74) is 1.22. The summed E-state index contributed by atoms with van der Waals surface area (Å²) in [7, 11) is 0. The molecule has 3 nitrogen and oxygen atoms in total. The highest BCUT2D eigenvalue weighted by molar-refractivity contribution is 9.10. The molecule has 1 unspecified atom stereocenters. The van der Waals surface area contributed by atoms with Crippen LogP contribution in [0, 0.1) is 12.7 Å². The van der Waals surface area contributed by atoms with Gasteiger partial charge in [0.05, 0.1) is 12.7 Å². The van der Waals surface area contributed by atoms with Crippen molar-refractivity contribution in [1.82, 2.24) is 0 Å². The molecular weight excluding hydrogens is 265 g/mol. The minimum Gasteiger partial charge on any atom is -0.394 e. The van der Waals surface area contributed by atoms with Crippen molar-refractivity contribution in [1.29, 1.82) is 0 Å². The van der Waals surface area contributed by atoms with Gasteiger partial charge in [-0.25, -0.2) is 4.39 Å². The quantitative estimate of drug-likeness (QED) is 0.785. The number of anilines is 1. The Morgan fingerprint density at radius 3 is 2.80 bits per heavy atom. The lowest BCUT2D eigenvalue weighted by molar-refractivity contribution is 0.105. The van der Waals surface area contributed by atoms with Crippen LogP contribution in [-0.4, -0.2) is 29.5 Å². The van der Waals surface area contributed by atoms with Crippen molar-refractivity contribution in [2.75, 3.05) is 18.5 Å². The predicted molar refractivity (Wildman–Crippen MR) is 60.4 cm³/mol. The number of nitrogens with one attached hydrogen (secondary N) is 1. The van der Waals surface area contributed by atoms with E-state index in [-0.39, 0.29) is 19.0 Å². The fourth-order valence-corrected chi connectivity index (χ4v) is 1.54. The van der Waals surface area contributed by atoms with E-state index in [4.69, 9.17) is 10.2 Å². The van der Waals surface area contributed by atoms with E-state index >= 15 is 0 Å². The van der Waals surface area contributed by atoms with Gasteiger partial charge in [0.15, 0.2) is 0 Å². The van der Waals surface area contributed by atoms with Gasteiger partial charge in [0, 0.05) is 16.7 Å². The molecule has 0 radical (unpaired) electrons. The van der Waals surface area contributed by atoms with Crippen LogP contribution >= 0.6 is 15.9 Å². The molecule has 15 heavy (non-hydrogen) atoms. The molecule has 1 rings (SSSR count). The molecule has 0 bridgehead atoms. The molecule has 1 aromatic rings. The summed E-state index contributed by atoms with van der Waals surface area (Å²) >= 11 is 3.21. The first-order valence-electron chi connectivity index (χ1n) is 4.53. The van der Waals surface area contributed by atoms with Gasteiger partial charge < -0.3 is 15.5 Å². The van der Waals surface area contributed by atoms with Crippen LogP contribution in [0.5, 0.6) is 0 Å². The average Bonchev–Trinajstić information content (AvgIpc) is 2.21. The zero-order valence-electron chi connectivity index (χ0n) is 8.30. The van der Waals surface area contributed by atoms with Gasteiger partial charge in [-0.1, -0.05) is 0 Å². The van der Waals surface area contributed by atoms with E-state index in [1.165, 1.54) is 6.07 Å². The highest BCUT2D eigenvalue weighted by Gasteiger charge is 2.07. The third kappa shape index (κ3) is 3.44. The molecule has 5 heteroatoms. The van der Waals surface area contributed by atoms with E-state index in [1.807, 2.05) is 0 Å². The molecule has 0 saturated carbocycles. The highest BCUT2D eigenvalue weighted by atomic mass is 79.9. The average molecular weight is 278 g/mol. The Bertz CT molecular complexity index is 346. The molecule has 0 aliphatic rings. The van der Waals surface area contributed by atoms with Gasteiger partial charge in [-0.15, -0.1) is 0 Å². The van der Waals surface area contributed by atoms with E-state index < -0.39 is 6.10 Å². The normalized spacial score (nSPS) is 12.6. The van der Waals surface area contributed by atoms with E-state index in [0.717, 1.165) is 0 Å². The maximum Gasteiger partial charge on any atom is 0.127 e. The minimum absolute atomic E-state index is 0.222. The molecule has 0 amide bonds. The van der Waals surface area contributed by atoms with Crippen LogP contribution < -0.4 is 5.32 Å². The van der Waals surface area contributed by atoms with Gasteiger partial charge in [0.25, 0.3) is 0 Å². The van der Waals surface area contributed by atoms with Crippen LogP contribution in [0.3, 0.4) is 0 Å². The SMILES string of the molecule is Cc1cc(NCC(O)CO)c(Br)cc1F. The van der Waals surface area contributed by atoms with Gasteiger partial charge in [0.1, 0.15) is 5.82 Å². The number of aryl methyl sites for hydroxylation is 1. The Labute approximate surface area is 96.1 Å². The summed E-state index contributed by atoms with van der Waals surface area (Å²) in [6.45, 7) is 1.58. The summed E-state index contributed by atoms with van der Waals surface area (Å²) in [6.07, 6.45) is -0.817. The Kier molecular flexibility index (Phi) is 4.50. The molecule has 3 N–H and O–H groups in total. The first-order chi connectivity index (χ1) is 7.04. The summed E-state index contributed by atoms with van der Waals surface area (Å²) in [6, 6.07) is 3.01. The lowest BCUT2D eigenvalue weighted by Crippen LogP contribution is -2.23. The van der Waals surface area contributed by atoms with Gasteiger partial charge in [-0.2, -0.15) is 0 Å². The Hall–Kier alpha value is -0.650. The predicted octanol–water partition coefficient (Wildman–Crippen LogP) is 1.66. The lowest BCUT2D eigenvalue weighted by Gasteiger charge is -2.12. The number of benzene rings is 1. The third-order valence-electron chi connectivity index (χ3n) is 1.99. The van der Waals surface area contributed by atoms with Crippen molar-refractivity contribution in [3.05, 3.63) is 28.0 Å². The standard InChI is InChI=1S/C10H13BrFNO2/c1-6-2-10(8(11)3-9(6)12)13-4-7(15)5-14/h2-3,7,13-15H,4-5H2,1H3.